The zero-order chi connectivity index (χ0) is 15.2. The van der Waals surface area contributed by atoms with E-state index in [0.717, 1.165) is 11.1 Å². The number of nitrogens with one attached hydrogen (secondary N) is 1. The Balaban J connectivity index is 1.95. The summed E-state index contributed by atoms with van der Waals surface area (Å²) in [5.41, 5.74) is 1.85. The first-order valence-corrected chi connectivity index (χ1v) is 7.31. The third kappa shape index (κ3) is 5.03. The summed E-state index contributed by atoms with van der Waals surface area (Å²) in [6, 6.07) is 12.7. The maximum atomic E-state index is 14.0. The van der Waals surface area contributed by atoms with Crippen molar-refractivity contribution in [3.63, 3.8) is 0 Å². The fourth-order valence-electron chi connectivity index (χ4n) is 1.84. The molecule has 0 fully saturated rings. The van der Waals surface area contributed by atoms with Gasteiger partial charge >= 0.3 is 0 Å². The van der Waals surface area contributed by atoms with Crippen LogP contribution in [0.1, 0.15) is 25.0 Å². The van der Waals surface area contributed by atoms with Gasteiger partial charge in [-0.3, -0.25) is 0 Å². The molecule has 0 unspecified atom stereocenters. The van der Waals surface area contributed by atoms with E-state index in [1.165, 1.54) is 6.07 Å². The van der Waals surface area contributed by atoms with E-state index in [9.17, 15) is 4.39 Å². The lowest BCUT2D eigenvalue weighted by Gasteiger charge is -2.11. The molecule has 0 radical (unpaired) electrons. The third-order valence-corrected chi connectivity index (χ3v) is 3.27. The SMILES string of the molecule is CC(C)NCc1ccc(OCc2ccc(Cl)cc2)c(F)c1. The van der Waals surface area contributed by atoms with Crippen molar-refractivity contribution in [1.29, 1.82) is 0 Å². The smallest absolute Gasteiger partial charge is 0.165 e. The Kier molecular flexibility index (Phi) is 5.59. The molecule has 0 heterocycles. The molecule has 0 amide bonds. The summed E-state index contributed by atoms with van der Waals surface area (Å²) in [5, 5.41) is 3.92. The van der Waals surface area contributed by atoms with Crippen LogP contribution in [-0.4, -0.2) is 6.04 Å². The van der Waals surface area contributed by atoms with Crippen LogP contribution in [0.25, 0.3) is 0 Å². The molecule has 2 aromatic rings. The third-order valence-electron chi connectivity index (χ3n) is 3.02. The van der Waals surface area contributed by atoms with Gasteiger partial charge in [0.25, 0.3) is 0 Å². The van der Waals surface area contributed by atoms with Crippen molar-refractivity contribution in [2.75, 3.05) is 0 Å². The van der Waals surface area contributed by atoms with Gasteiger partial charge in [0.05, 0.1) is 0 Å². The zero-order valence-electron chi connectivity index (χ0n) is 12.2. The van der Waals surface area contributed by atoms with Gasteiger partial charge in [-0.1, -0.05) is 43.6 Å². The minimum Gasteiger partial charge on any atom is -0.486 e. The normalized spacial score (nSPS) is 10.9. The molecule has 0 saturated carbocycles. The van der Waals surface area contributed by atoms with Gasteiger partial charge in [-0.2, -0.15) is 0 Å². The molecule has 0 saturated heterocycles. The molecule has 112 valence electrons. The van der Waals surface area contributed by atoms with Crippen molar-refractivity contribution >= 4 is 11.6 Å². The lowest BCUT2D eigenvalue weighted by molar-refractivity contribution is 0.290. The molecule has 2 rings (SSSR count). The van der Waals surface area contributed by atoms with Crippen LogP contribution in [0.4, 0.5) is 4.39 Å². The van der Waals surface area contributed by atoms with Crippen LogP contribution in [0.3, 0.4) is 0 Å². The zero-order valence-corrected chi connectivity index (χ0v) is 13.0. The Morgan fingerprint density at radius 2 is 1.76 bits per heavy atom. The number of ether oxygens (including phenoxy) is 1. The molecule has 0 spiro atoms. The van der Waals surface area contributed by atoms with Gasteiger partial charge in [0, 0.05) is 17.6 Å². The van der Waals surface area contributed by atoms with Crippen molar-refractivity contribution < 1.29 is 9.13 Å². The van der Waals surface area contributed by atoms with Crippen molar-refractivity contribution in [3.8, 4) is 5.75 Å². The summed E-state index contributed by atoms with van der Waals surface area (Å²) in [5.74, 6) is -0.0785. The van der Waals surface area contributed by atoms with Crippen LogP contribution >= 0.6 is 11.6 Å². The largest absolute Gasteiger partial charge is 0.486 e. The maximum absolute atomic E-state index is 14.0. The predicted octanol–water partition coefficient (Wildman–Crippen LogP) is 4.56. The summed E-state index contributed by atoms with van der Waals surface area (Å²) in [6.45, 7) is 5.07. The van der Waals surface area contributed by atoms with Crippen molar-refractivity contribution in [2.45, 2.75) is 33.0 Å². The van der Waals surface area contributed by atoms with E-state index < -0.39 is 0 Å². The molecule has 21 heavy (non-hydrogen) atoms. The Labute approximate surface area is 129 Å². The van der Waals surface area contributed by atoms with Gasteiger partial charge in [-0.15, -0.1) is 0 Å². The van der Waals surface area contributed by atoms with E-state index in [0.29, 0.717) is 24.2 Å². The van der Waals surface area contributed by atoms with E-state index in [-0.39, 0.29) is 11.6 Å². The summed E-state index contributed by atoms with van der Waals surface area (Å²) in [7, 11) is 0. The summed E-state index contributed by atoms with van der Waals surface area (Å²) in [4.78, 5) is 0. The summed E-state index contributed by atoms with van der Waals surface area (Å²) in [6.07, 6.45) is 0. The average molecular weight is 308 g/mol. The molecule has 0 aliphatic rings. The van der Waals surface area contributed by atoms with Crippen molar-refractivity contribution in [3.05, 3.63) is 64.4 Å². The van der Waals surface area contributed by atoms with Crippen LogP contribution in [0.2, 0.25) is 5.02 Å². The molecule has 0 atom stereocenters. The number of rotatable bonds is 6. The van der Waals surface area contributed by atoms with Crippen LogP contribution in [-0.2, 0) is 13.2 Å². The minimum absolute atomic E-state index is 0.262. The summed E-state index contributed by atoms with van der Waals surface area (Å²) < 4.78 is 19.5. The molecule has 2 nitrogen and oxygen atoms in total. The first kappa shape index (κ1) is 15.8. The minimum atomic E-state index is -0.341. The number of halogens is 2. The lowest BCUT2D eigenvalue weighted by Crippen LogP contribution is -2.21. The Morgan fingerprint density at radius 1 is 1.10 bits per heavy atom. The Bertz CT molecular complexity index is 584. The Morgan fingerprint density at radius 3 is 2.38 bits per heavy atom. The Hall–Kier alpha value is -1.58. The van der Waals surface area contributed by atoms with E-state index in [4.69, 9.17) is 16.3 Å². The number of hydrogen-bond donors (Lipinski definition) is 1. The second-order valence-corrected chi connectivity index (χ2v) is 5.65. The second kappa shape index (κ2) is 7.43. The van der Waals surface area contributed by atoms with Gasteiger partial charge in [0.15, 0.2) is 11.6 Å². The highest BCUT2D eigenvalue weighted by molar-refractivity contribution is 6.30. The maximum Gasteiger partial charge on any atom is 0.165 e. The number of benzene rings is 2. The van der Waals surface area contributed by atoms with E-state index in [1.807, 2.05) is 18.2 Å². The first-order valence-electron chi connectivity index (χ1n) is 6.93. The fourth-order valence-corrected chi connectivity index (χ4v) is 1.96. The van der Waals surface area contributed by atoms with Crippen molar-refractivity contribution in [1.82, 2.24) is 5.32 Å². The molecule has 4 heteroatoms. The first-order chi connectivity index (χ1) is 10.0. The lowest BCUT2D eigenvalue weighted by atomic mass is 10.2. The highest BCUT2D eigenvalue weighted by atomic mass is 35.5. The topological polar surface area (TPSA) is 21.3 Å². The van der Waals surface area contributed by atoms with E-state index >= 15 is 0 Å². The van der Waals surface area contributed by atoms with E-state index in [2.05, 4.69) is 19.2 Å². The predicted molar refractivity (Wildman–Crippen MR) is 84.2 cm³/mol. The molecule has 2 aromatic carbocycles. The second-order valence-electron chi connectivity index (χ2n) is 5.22. The van der Waals surface area contributed by atoms with Crippen LogP contribution in [0.15, 0.2) is 42.5 Å². The van der Waals surface area contributed by atoms with Gasteiger partial charge in [-0.05, 0) is 35.4 Å². The molecular formula is C17H19ClFNO. The van der Waals surface area contributed by atoms with Crippen LogP contribution in [0.5, 0.6) is 5.75 Å². The summed E-state index contributed by atoms with van der Waals surface area (Å²) >= 11 is 5.82. The molecule has 0 aliphatic heterocycles. The standard InChI is InChI=1S/C17H19ClFNO/c1-12(2)20-10-14-5-8-17(16(19)9-14)21-11-13-3-6-15(18)7-4-13/h3-9,12,20H,10-11H2,1-2H3. The van der Waals surface area contributed by atoms with E-state index in [1.54, 1.807) is 18.2 Å². The highest BCUT2D eigenvalue weighted by Crippen LogP contribution is 2.20. The molecule has 0 aromatic heterocycles. The molecule has 0 aliphatic carbocycles. The fraction of sp³-hybridized carbons (Fsp3) is 0.294. The molecule has 1 N–H and O–H groups in total. The highest BCUT2D eigenvalue weighted by Gasteiger charge is 2.06. The van der Waals surface area contributed by atoms with Gasteiger partial charge < -0.3 is 10.1 Å². The quantitative estimate of drug-likeness (QED) is 0.845. The monoisotopic (exact) mass is 307 g/mol. The van der Waals surface area contributed by atoms with Gasteiger partial charge in [0.2, 0.25) is 0 Å². The average Bonchev–Trinajstić information content (AvgIpc) is 2.46. The van der Waals surface area contributed by atoms with Gasteiger partial charge in [0.1, 0.15) is 6.61 Å². The van der Waals surface area contributed by atoms with Crippen LogP contribution in [0, 0.1) is 5.82 Å². The van der Waals surface area contributed by atoms with Crippen molar-refractivity contribution in [2.24, 2.45) is 0 Å². The molecular weight excluding hydrogens is 289 g/mol. The molecule has 0 bridgehead atoms. The van der Waals surface area contributed by atoms with Crippen LogP contribution < -0.4 is 10.1 Å². The number of hydrogen-bond acceptors (Lipinski definition) is 2. The van der Waals surface area contributed by atoms with Gasteiger partial charge in [-0.25, -0.2) is 4.39 Å².